The standard InChI is InChI=1S/C17H33NO4/c18-17(21)22-15-13-11-9-7-5-3-1-2-4-6-8-10-12-14-16(19)20/h1-15H2,(H2,18,21)(H,19,20). The number of hydrogen-bond acceptors (Lipinski definition) is 3. The number of amides is 1. The third-order valence-corrected chi connectivity index (χ3v) is 3.78. The van der Waals surface area contributed by atoms with Gasteiger partial charge in [-0.3, -0.25) is 4.79 Å². The number of carbonyl (C=O) groups is 2. The number of hydrogen-bond donors (Lipinski definition) is 2. The van der Waals surface area contributed by atoms with Crippen LogP contribution in [0.25, 0.3) is 0 Å². The zero-order valence-corrected chi connectivity index (χ0v) is 13.9. The summed E-state index contributed by atoms with van der Waals surface area (Å²) in [5.74, 6) is -0.680. The summed E-state index contributed by atoms with van der Waals surface area (Å²) in [5.41, 5.74) is 4.87. The Kier molecular flexibility index (Phi) is 15.2. The van der Waals surface area contributed by atoms with E-state index in [0.717, 1.165) is 25.7 Å². The van der Waals surface area contributed by atoms with Gasteiger partial charge in [0.25, 0.3) is 0 Å². The molecule has 0 aliphatic heterocycles. The van der Waals surface area contributed by atoms with Crippen molar-refractivity contribution < 1.29 is 19.4 Å². The van der Waals surface area contributed by atoms with Crippen molar-refractivity contribution in [3.05, 3.63) is 0 Å². The molecular weight excluding hydrogens is 282 g/mol. The van der Waals surface area contributed by atoms with Gasteiger partial charge in [0.1, 0.15) is 0 Å². The molecule has 5 heteroatoms. The summed E-state index contributed by atoms with van der Waals surface area (Å²) < 4.78 is 4.67. The highest BCUT2D eigenvalue weighted by molar-refractivity contribution is 5.66. The van der Waals surface area contributed by atoms with Crippen molar-refractivity contribution >= 4 is 12.1 Å². The van der Waals surface area contributed by atoms with Crippen molar-refractivity contribution in [2.24, 2.45) is 5.73 Å². The summed E-state index contributed by atoms with van der Waals surface area (Å²) in [6, 6.07) is 0. The van der Waals surface area contributed by atoms with Crippen molar-refractivity contribution in [3.8, 4) is 0 Å². The molecule has 0 radical (unpaired) electrons. The van der Waals surface area contributed by atoms with E-state index >= 15 is 0 Å². The second-order valence-electron chi connectivity index (χ2n) is 5.91. The lowest BCUT2D eigenvalue weighted by Gasteiger charge is -2.03. The van der Waals surface area contributed by atoms with Crippen LogP contribution in [0, 0.1) is 0 Å². The average molecular weight is 315 g/mol. The number of ether oxygens (including phenoxy) is 1. The fourth-order valence-electron chi connectivity index (χ4n) is 2.50. The first kappa shape index (κ1) is 20.7. The van der Waals surface area contributed by atoms with E-state index in [9.17, 15) is 9.59 Å². The van der Waals surface area contributed by atoms with Crippen LogP contribution >= 0.6 is 0 Å². The zero-order valence-electron chi connectivity index (χ0n) is 13.9. The highest BCUT2D eigenvalue weighted by Gasteiger charge is 1.97. The minimum atomic E-state index is -0.680. The number of nitrogens with two attached hydrogens (primary N) is 1. The van der Waals surface area contributed by atoms with E-state index in [1.165, 1.54) is 57.8 Å². The molecule has 5 nitrogen and oxygen atoms in total. The molecule has 0 saturated carbocycles. The molecule has 0 aliphatic rings. The van der Waals surface area contributed by atoms with Crippen LogP contribution in [0.1, 0.15) is 89.9 Å². The summed E-state index contributed by atoms with van der Waals surface area (Å²) in [6.45, 7) is 0.446. The molecule has 1 amide bonds. The number of aliphatic carboxylic acids is 1. The molecule has 0 rings (SSSR count). The lowest BCUT2D eigenvalue weighted by molar-refractivity contribution is -0.137. The first-order valence-corrected chi connectivity index (χ1v) is 8.77. The second-order valence-corrected chi connectivity index (χ2v) is 5.91. The van der Waals surface area contributed by atoms with Gasteiger partial charge in [-0.05, 0) is 12.8 Å². The summed E-state index contributed by atoms with van der Waals surface area (Å²) in [7, 11) is 0. The van der Waals surface area contributed by atoms with E-state index in [2.05, 4.69) is 4.74 Å². The quantitative estimate of drug-likeness (QED) is 0.406. The van der Waals surface area contributed by atoms with Gasteiger partial charge in [-0.2, -0.15) is 0 Å². The molecule has 3 N–H and O–H groups in total. The Morgan fingerprint density at radius 1 is 0.682 bits per heavy atom. The van der Waals surface area contributed by atoms with Gasteiger partial charge in [-0.1, -0.05) is 70.6 Å². The Hall–Kier alpha value is -1.26. The van der Waals surface area contributed by atoms with Crippen LogP contribution in [0.5, 0.6) is 0 Å². The van der Waals surface area contributed by atoms with E-state index < -0.39 is 12.1 Å². The van der Waals surface area contributed by atoms with Crippen molar-refractivity contribution in [3.63, 3.8) is 0 Å². The molecule has 22 heavy (non-hydrogen) atoms. The van der Waals surface area contributed by atoms with Crippen LogP contribution in [-0.2, 0) is 9.53 Å². The van der Waals surface area contributed by atoms with Crippen LogP contribution < -0.4 is 5.73 Å². The van der Waals surface area contributed by atoms with Crippen LogP contribution in [0.4, 0.5) is 4.79 Å². The molecule has 0 saturated heterocycles. The number of primary amides is 1. The fraction of sp³-hybridized carbons (Fsp3) is 0.882. The molecule has 0 heterocycles. The van der Waals surface area contributed by atoms with Gasteiger partial charge < -0.3 is 15.6 Å². The van der Waals surface area contributed by atoms with E-state index in [-0.39, 0.29) is 0 Å². The van der Waals surface area contributed by atoms with E-state index in [4.69, 9.17) is 10.8 Å². The van der Waals surface area contributed by atoms with E-state index in [1.54, 1.807) is 0 Å². The van der Waals surface area contributed by atoms with Crippen LogP contribution in [0.15, 0.2) is 0 Å². The average Bonchev–Trinajstić information content (AvgIpc) is 2.46. The van der Waals surface area contributed by atoms with Gasteiger partial charge in [0.15, 0.2) is 0 Å². The fourth-order valence-corrected chi connectivity index (χ4v) is 2.50. The molecule has 0 aromatic heterocycles. The van der Waals surface area contributed by atoms with Gasteiger partial charge in [0.2, 0.25) is 0 Å². The van der Waals surface area contributed by atoms with Crippen LogP contribution in [0.3, 0.4) is 0 Å². The first-order valence-electron chi connectivity index (χ1n) is 8.77. The lowest BCUT2D eigenvalue weighted by Crippen LogP contribution is -2.13. The predicted molar refractivity (Wildman–Crippen MR) is 87.8 cm³/mol. The SMILES string of the molecule is NC(=O)OCCCCCCCCCCCCCCCC(=O)O. The Bertz CT molecular complexity index is 254. The molecule has 0 aromatic rings. The van der Waals surface area contributed by atoms with Gasteiger partial charge in [0.05, 0.1) is 6.61 Å². The molecule has 130 valence electrons. The molecule has 0 unspecified atom stereocenters. The Morgan fingerprint density at radius 3 is 1.41 bits per heavy atom. The Balaban J connectivity index is 2.99. The molecule has 0 spiro atoms. The van der Waals surface area contributed by atoms with Crippen molar-refractivity contribution in [1.82, 2.24) is 0 Å². The van der Waals surface area contributed by atoms with Crippen LogP contribution in [-0.4, -0.2) is 23.8 Å². The van der Waals surface area contributed by atoms with Crippen LogP contribution in [0.2, 0.25) is 0 Å². The van der Waals surface area contributed by atoms with Gasteiger partial charge >= 0.3 is 12.1 Å². The molecular formula is C17H33NO4. The number of carbonyl (C=O) groups excluding carboxylic acids is 1. The largest absolute Gasteiger partial charge is 0.481 e. The zero-order chi connectivity index (χ0) is 16.5. The number of rotatable bonds is 16. The number of carboxylic acids is 1. The predicted octanol–water partition coefficient (Wildman–Crippen LogP) is 4.63. The summed E-state index contributed by atoms with van der Waals surface area (Å²) >= 11 is 0. The van der Waals surface area contributed by atoms with Gasteiger partial charge in [0, 0.05) is 6.42 Å². The number of unbranched alkanes of at least 4 members (excludes halogenated alkanes) is 12. The van der Waals surface area contributed by atoms with Crippen molar-refractivity contribution in [2.75, 3.05) is 6.61 Å². The van der Waals surface area contributed by atoms with Gasteiger partial charge in [-0.25, -0.2) is 4.79 Å². The normalized spacial score (nSPS) is 10.5. The van der Waals surface area contributed by atoms with Gasteiger partial charge in [-0.15, -0.1) is 0 Å². The van der Waals surface area contributed by atoms with Crippen molar-refractivity contribution in [1.29, 1.82) is 0 Å². The lowest BCUT2D eigenvalue weighted by atomic mass is 10.0. The summed E-state index contributed by atoms with van der Waals surface area (Å²) in [6.07, 6.45) is 14.8. The van der Waals surface area contributed by atoms with Crippen molar-refractivity contribution in [2.45, 2.75) is 89.9 Å². The summed E-state index contributed by atoms with van der Waals surface area (Å²) in [4.78, 5) is 20.7. The molecule has 0 aromatic carbocycles. The Labute approximate surface area is 134 Å². The molecule has 0 bridgehead atoms. The smallest absolute Gasteiger partial charge is 0.404 e. The maximum Gasteiger partial charge on any atom is 0.404 e. The first-order chi connectivity index (χ1) is 10.6. The second kappa shape index (κ2) is 16.1. The minimum Gasteiger partial charge on any atom is -0.481 e. The molecule has 0 aliphatic carbocycles. The molecule has 0 fully saturated rings. The third kappa shape index (κ3) is 18.7. The maximum atomic E-state index is 10.3. The topological polar surface area (TPSA) is 89.6 Å². The van der Waals surface area contributed by atoms with E-state index in [0.29, 0.717) is 13.0 Å². The van der Waals surface area contributed by atoms with E-state index in [1.807, 2.05) is 0 Å². The Morgan fingerprint density at radius 2 is 1.05 bits per heavy atom. The highest BCUT2D eigenvalue weighted by Crippen LogP contribution is 2.12. The molecule has 0 atom stereocenters. The number of carboxylic acid groups (broad SMARTS) is 1. The third-order valence-electron chi connectivity index (χ3n) is 3.78. The summed E-state index contributed by atoms with van der Waals surface area (Å²) in [5, 5.41) is 8.51. The monoisotopic (exact) mass is 315 g/mol. The highest BCUT2D eigenvalue weighted by atomic mass is 16.5. The maximum absolute atomic E-state index is 10.3. The minimum absolute atomic E-state index is 0.314.